The smallest absolute Gasteiger partial charge is 0.222 e. The summed E-state index contributed by atoms with van der Waals surface area (Å²) in [5, 5.41) is 2.97. The summed E-state index contributed by atoms with van der Waals surface area (Å²) in [6.07, 6.45) is 1.72. The standard InChI is InChI=1S/C18H19FN2O/c19-15-9-5-4-8-14(15)18(10-11-18)21-17(22)12-16(20)13-6-2-1-3-7-13/h1-9,16H,10-12,20H2,(H,21,22). The van der Waals surface area contributed by atoms with Crippen molar-refractivity contribution < 1.29 is 9.18 Å². The molecule has 0 aliphatic heterocycles. The summed E-state index contributed by atoms with van der Waals surface area (Å²) in [6.45, 7) is 0. The molecule has 114 valence electrons. The van der Waals surface area contributed by atoms with Crippen LogP contribution >= 0.6 is 0 Å². The van der Waals surface area contributed by atoms with Crippen LogP contribution in [0.15, 0.2) is 54.6 Å². The molecule has 1 fully saturated rings. The van der Waals surface area contributed by atoms with E-state index in [4.69, 9.17) is 5.73 Å². The van der Waals surface area contributed by atoms with E-state index in [9.17, 15) is 9.18 Å². The van der Waals surface area contributed by atoms with Crippen LogP contribution in [0.25, 0.3) is 0 Å². The Kier molecular flexibility index (Phi) is 3.94. The number of amides is 1. The maximum absolute atomic E-state index is 13.9. The zero-order valence-corrected chi connectivity index (χ0v) is 12.3. The monoisotopic (exact) mass is 298 g/mol. The molecule has 22 heavy (non-hydrogen) atoms. The van der Waals surface area contributed by atoms with Crippen molar-refractivity contribution in [1.29, 1.82) is 0 Å². The zero-order valence-electron chi connectivity index (χ0n) is 12.3. The Labute approximate surface area is 129 Å². The molecule has 1 atom stereocenters. The number of carbonyl (C=O) groups is 1. The Morgan fingerprint density at radius 3 is 2.41 bits per heavy atom. The maximum atomic E-state index is 13.9. The molecule has 0 aromatic heterocycles. The molecule has 1 saturated carbocycles. The van der Waals surface area contributed by atoms with Gasteiger partial charge in [0.15, 0.2) is 0 Å². The number of nitrogens with two attached hydrogens (primary N) is 1. The Hall–Kier alpha value is -2.20. The minimum Gasteiger partial charge on any atom is -0.346 e. The molecule has 0 heterocycles. The van der Waals surface area contributed by atoms with E-state index >= 15 is 0 Å². The van der Waals surface area contributed by atoms with Gasteiger partial charge in [0.2, 0.25) is 5.91 Å². The third kappa shape index (κ3) is 3.02. The molecule has 2 aromatic rings. The second-order valence-electron chi connectivity index (χ2n) is 5.83. The maximum Gasteiger partial charge on any atom is 0.222 e. The van der Waals surface area contributed by atoms with Gasteiger partial charge in [-0.25, -0.2) is 4.39 Å². The summed E-state index contributed by atoms with van der Waals surface area (Å²) in [6, 6.07) is 15.8. The van der Waals surface area contributed by atoms with Crippen molar-refractivity contribution in [3.05, 3.63) is 71.5 Å². The molecular weight excluding hydrogens is 279 g/mol. The molecule has 0 saturated heterocycles. The molecule has 0 radical (unpaired) electrons. The molecule has 1 aliphatic carbocycles. The van der Waals surface area contributed by atoms with Crippen molar-refractivity contribution >= 4 is 5.91 Å². The largest absolute Gasteiger partial charge is 0.346 e. The summed E-state index contributed by atoms with van der Waals surface area (Å²) in [7, 11) is 0. The van der Waals surface area contributed by atoms with E-state index in [2.05, 4.69) is 5.32 Å². The fourth-order valence-electron chi connectivity index (χ4n) is 2.77. The van der Waals surface area contributed by atoms with Gasteiger partial charge in [-0.3, -0.25) is 4.79 Å². The minimum absolute atomic E-state index is 0.142. The van der Waals surface area contributed by atoms with Crippen LogP contribution in [0, 0.1) is 5.82 Å². The quantitative estimate of drug-likeness (QED) is 0.891. The van der Waals surface area contributed by atoms with Crippen LogP contribution in [0.3, 0.4) is 0 Å². The number of rotatable bonds is 5. The Morgan fingerprint density at radius 2 is 1.77 bits per heavy atom. The third-order valence-corrected chi connectivity index (χ3v) is 4.15. The van der Waals surface area contributed by atoms with E-state index in [1.807, 2.05) is 30.3 Å². The average molecular weight is 298 g/mol. The van der Waals surface area contributed by atoms with Gasteiger partial charge in [-0.1, -0.05) is 48.5 Å². The van der Waals surface area contributed by atoms with Crippen LogP contribution < -0.4 is 11.1 Å². The first kappa shape index (κ1) is 14.7. The van der Waals surface area contributed by atoms with Crippen LogP contribution in [0.2, 0.25) is 0 Å². The summed E-state index contributed by atoms with van der Waals surface area (Å²) in [4.78, 5) is 12.3. The van der Waals surface area contributed by atoms with Crippen molar-refractivity contribution in [2.24, 2.45) is 5.73 Å². The Balaban J connectivity index is 1.66. The van der Waals surface area contributed by atoms with E-state index in [1.165, 1.54) is 6.07 Å². The SMILES string of the molecule is NC(CC(=O)NC1(c2ccccc2F)CC1)c1ccccc1. The van der Waals surface area contributed by atoms with Gasteiger partial charge in [-0.05, 0) is 24.5 Å². The predicted octanol–water partition coefficient (Wildman–Crippen LogP) is 3.02. The summed E-state index contributed by atoms with van der Waals surface area (Å²) in [5.41, 5.74) is 7.02. The number of halogens is 1. The first-order valence-corrected chi connectivity index (χ1v) is 7.47. The zero-order chi connectivity index (χ0) is 15.6. The highest BCUT2D eigenvalue weighted by atomic mass is 19.1. The minimum atomic E-state index is -0.543. The van der Waals surface area contributed by atoms with Gasteiger partial charge in [-0.15, -0.1) is 0 Å². The molecule has 1 unspecified atom stereocenters. The van der Waals surface area contributed by atoms with E-state index in [-0.39, 0.29) is 24.2 Å². The van der Waals surface area contributed by atoms with E-state index in [0.717, 1.165) is 18.4 Å². The number of carbonyl (C=O) groups excluding carboxylic acids is 1. The first-order chi connectivity index (χ1) is 10.6. The topological polar surface area (TPSA) is 55.1 Å². The lowest BCUT2D eigenvalue weighted by Crippen LogP contribution is -2.37. The van der Waals surface area contributed by atoms with Gasteiger partial charge in [-0.2, -0.15) is 0 Å². The van der Waals surface area contributed by atoms with Crippen molar-refractivity contribution in [2.45, 2.75) is 30.8 Å². The highest BCUT2D eigenvalue weighted by Crippen LogP contribution is 2.46. The van der Waals surface area contributed by atoms with Gasteiger partial charge in [0.05, 0.1) is 5.54 Å². The number of hydrogen-bond donors (Lipinski definition) is 2. The predicted molar refractivity (Wildman–Crippen MR) is 83.4 cm³/mol. The molecule has 3 rings (SSSR count). The summed E-state index contributed by atoms with van der Waals surface area (Å²) in [5.74, 6) is -0.412. The van der Waals surface area contributed by atoms with Crippen LogP contribution in [-0.2, 0) is 10.3 Å². The summed E-state index contributed by atoms with van der Waals surface area (Å²) >= 11 is 0. The molecule has 3 N–H and O–H groups in total. The van der Waals surface area contributed by atoms with Crippen molar-refractivity contribution in [3.63, 3.8) is 0 Å². The molecule has 0 spiro atoms. The fourth-order valence-corrected chi connectivity index (χ4v) is 2.77. The molecule has 3 nitrogen and oxygen atoms in total. The van der Waals surface area contributed by atoms with Gasteiger partial charge in [0.25, 0.3) is 0 Å². The molecule has 4 heteroatoms. The first-order valence-electron chi connectivity index (χ1n) is 7.47. The van der Waals surface area contributed by atoms with Crippen molar-refractivity contribution in [1.82, 2.24) is 5.32 Å². The molecular formula is C18H19FN2O. The lowest BCUT2D eigenvalue weighted by molar-refractivity contribution is -0.122. The number of benzene rings is 2. The van der Waals surface area contributed by atoms with Crippen molar-refractivity contribution in [3.8, 4) is 0 Å². The highest BCUT2D eigenvalue weighted by Gasteiger charge is 2.47. The van der Waals surface area contributed by atoms with Gasteiger partial charge >= 0.3 is 0 Å². The summed E-state index contributed by atoms with van der Waals surface area (Å²) < 4.78 is 13.9. The van der Waals surface area contributed by atoms with Gasteiger partial charge < -0.3 is 11.1 Å². The Morgan fingerprint density at radius 1 is 1.14 bits per heavy atom. The fraction of sp³-hybridized carbons (Fsp3) is 0.278. The average Bonchev–Trinajstić information content (AvgIpc) is 3.28. The van der Waals surface area contributed by atoms with Crippen LogP contribution in [0.5, 0.6) is 0 Å². The highest BCUT2D eigenvalue weighted by molar-refractivity contribution is 5.78. The van der Waals surface area contributed by atoms with Gasteiger partial charge in [0.1, 0.15) is 5.82 Å². The van der Waals surface area contributed by atoms with Crippen LogP contribution in [0.4, 0.5) is 4.39 Å². The van der Waals surface area contributed by atoms with E-state index < -0.39 is 5.54 Å². The van der Waals surface area contributed by atoms with Gasteiger partial charge in [0, 0.05) is 18.0 Å². The molecule has 0 bridgehead atoms. The molecule has 2 aromatic carbocycles. The lowest BCUT2D eigenvalue weighted by atomic mass is 10.0. The number of hydrogen-bond acceptors (Lipinski definition) is 2. The normalized spacial score (nSPS) is 16.8. The van der Waals surface area contributed by atoms with Crippen molar-refractivity contribution in [2.75, 3.05) is 0 Å². The lowest BCUT2D eigenvalue weighted by Gasteiger charge is -2.20. The van der Waals surface area contributed by atoms with Crippen LogP contribution in [-0.4, -0.2) is 5.91 Å². The Bertz CT molecular complexity index is 668. The second kappa shape index (κ2) is 5.89. The second-order valence-corrected chi connectivity index (χ2v) is 5.83. The molecule has 1 amide bonds. The van der Waals surface area contributed by atoms with Crippen LogP contribution in [0.1, 0.15) is 36.4 Å². The third-order valence-electron chi connectivity index (χ3n) is 4.15. The number of nitrogens with one attached hydrogen (secondary N) is 1. The van der Waals surface area contributed by atoms with E-state index in [0.29, 0.717) is 5.56 Å². The molecule has 1 aliphatic rings. The van der Waals surface area contributed by atoms with E-state index in [1.54, 1.807) is 18.2 Å².